The fourth-order valence-corrected chi connectivity index (χ4v) is 0.746. The molecule has 0 spiro atoms. The smallest absolute Gasteiger partial charge is 1.00 e. The van der Waals surface area contributed by atoms with Crippen LogP contribution in [0.2, 0.25) is 5.02 Å². The monoisotopic (exact) mass is 264 g/mol. The molecule has 0 unspecified atom stereocenters. The van der Waals surface area contributed by atoms with Crippen molar-refractivity contribution in [2.45, 2.75) is 6.92 Å². The van der Waals surface area contributed by atoms with Gasteiger partial charge in [0, 0.05) is 5.02 Å². The van der Waals surface area contributed by atoms with E-state index >= 15 is 0 Å². The predicted octanol–water partition coefficient (Wildman–Crippen LogP) is 2.78. The van der Waals surface area contributed by atoms with Gasteiger partial charge in [-0.1, -0.05) is 11.6 Å². The van der Waals surface area contributed by atoms with Crippen LogP contribution in [0.1, 0.15) is 8.42 Å². The standard InChI is InChI=1S/C7H7ClO.BrH.Ca.2H/c1-5-4-6(9)2-3-7(5)8;;;;/h2-4,9H,1H3;1H;;;/q;;+2;2*-1. The summed E-state index contributed by atoms with van der Waals surface area (Å²) in [5, 5.41) is 9.57. The molecule has 0 atom stereocenters. The second kappa shape index (κ2) is 6.55. The van der Waals surface area contributed by atoms with Crippen LogP contribution in [0.5, 0.6) is 5.75 Å². The van der Waals surface area contributed by atoms with Crippen LogP contribution < -0.4 is 0 Å². The van der Waals surface area contributed by atoms with E-state index in [0.717, 1.165) is 5.56 Å². The first-order chi connectivity index (χ1) is 4.20. The molecule has 0 radical (unpaired) electrons. The molecule has 0 aliphatic rings. The Bertz CT molecular complexity index is 238. The second-order valence-corrected chi connectivity index (χ2v) is 2.34. The minimum Gasteiger partial charge on any atom is -1.00 e. The van der Waals surface area contributed by atoms with Crippen molar-refractivity contribution in [3.8, 4) is 5.75 Å². The molecule has 0 saturated carbocycles. The van der Waals surface area contributed by atoms with Gasteiger partial charge in [-0.2, -0.15) is 0 Å². The van der Waals surface area contributed by atoms with Crippen molar-refractivity contribution >= 4 is 66.3 Å². The summed E-state index contributed by atoms with van der Waals surface area (Å²) >= 11 is 5.67. The van der Waals surface area contributed by atoms with Crippen LogP contribution in [0.25, 0.3) is 0 Å². The van der Waals surface area contributed by atoms with Crippen molar-refractivity contribution in [1.82, 2.24) is 0 Å². The summed E-state index contributed by atoms with van der Waals surface area (Å²) in [6.45, 7) is 1.85. The van der Waals surface area contributed by atoms with Crippen LogP contribution in [-0.4, -0.2) is 42.8 Å². The van der Waals surface area contributed by atoms with E-state index in [9.17, 15) is 0 Å². The van der Waals surface area contributed by atoms with E-state index in [1.807, 2.05) is 6.92 Å². The van der Waals surface area contributed by atoms with Crippen molar-refractivity contribution in [3.05, 3.63) is 28.8 Å². The zero-order valence-corrected chi connectivity index (χ0v) is 10.8. The second-order valence-electron chi connectivity index (χ2n) is 1.93. The Balaban J connectivity index is -0.000000101. The Morgan fingerprint density at radius 2 is 2.00 bits per heavy atom. The summed E-state index contributed by atoms with van der Waals surface area (Å²) in [6.07, 6.45) is 0. The van der Waals surface area contributed by atoms with E-state index in [0.29, 0.717) is 5.02 Å². The van der Waals surface area contributed by atoms with Crippen LogP contribution in [0, 0.1) is 6.92 Å². The molecule has 0 bridgehead atoms. The number of halogens is 2. The minimum absolute atomic E-state index is 0. The summed E-state index contributed by atoms with van der Waals surface area (Å²) < 4.78 is 0. The van der Waals surface area contributed by atoms with Gasteiger partial charge in [0.05, 0.1) is 0 Å². The fraction of sp³-hybridized carbons (Fsp3) is 0.143. The van der Waals surface area contributed by atoms with Crippen molar-refractivity contribution < 1.29 is 7.96 Å². The SMILES string of the molecule is Br.Cc1cc(O)ccc1Cl.[Ca+2].[H-].[H-]. The predicted molar refractivity (Wildman–Crippen MR) is 56.2 cm³/mol. The minimum atomic E-state index is 0. The molecule has 1 nitrogen and oxygen atoms in total. The maximum atomic E-state index is 8.88. The molecule has 0 aromatic heterocycles. The Morgan fingerprint density at radius 1 is 1.45 bits per heavy atom. The molecule has 1 rings (SSSR count). The molecule has 11 heavy (non-hydrogen) atoms. The molecule has 0 aliphatic heterocycles. The number of phenols is 1. The average molecular weight is 266 g/mol. The van der Waals surface area contributed by atoms with E-state index in [1.165, 1.54) is 0 Å². The van der Waals surface area contributed by atoms with Crippen LogP contribution in [0.15, 0.2) is 18.2 Å². The number of rotatable bonds is 0. The quantitative estimate of drug-likeness (QED) is 0.715. The molecule has 0 amide bonds. The Hall–Kier alpha value is 1.05. The molecule has 60 valence electrons. The Kier molecular flexibility index (Phi) is 8.68. The van der Waals surface area contributed by atoms with E-state index < -0.39 is 0 Å². The van der Waals surface area contributed by atoms with Gasteiger partial charge >= 0.3 is 37.7 Å². The third kappa shape index (κ3) is 4.58. The zero-order valence-electron chi connectivity index (χ0n) is 8.17. The normalized spacial score (nSPS) is 7.82. The molecular weight excluding hydrogens is 256 g/mol. The third-order valence-electron chi connectivity index (χ3n) is 1.14. The van der Waals surface area contributed by atoms with Gasteiger partial charge in [0.2, 0.25) is 0 Å². The van der Waals surface area contributed by atoms with Gasteiger partial charge in [-0.25, -0.2) is 0 Å². The van der Waals surface area contributed by atoms with Gasteiger partial charge in [0.1, 0.15) is 5.75 Å². The van der Waals surface area contributed by atoms with Crippen LogP contribution in [0.4, 0.5) is 0 Å². The van der Waals surface area contributed by atoms with Crippen molar-refractivity contribution in [2.24, 2.45) is 0 Å². The molecule has 0 heterocycles. The number of benzene rings is 1. The Morgan fingerprint density at radius 3 is 2.36 bits per heavy atom. The van der Waals surface area contributed by atoms with Gasteiger partial charge in [-0.15, -0.1) is 17.0 Å². The average Bonchev–Trinajstić information content (AvgIpc) is 1.80. The topological polar surface area (TPSA) is 20.2 Å². The molecule has 1 aromatic carbocycles. The zero-order chi connectivity index (χ0) is 6.85. The summed E-state index contributed by atoms with van der Waals surface area (Å²) in [6, 6.07) is 4.86. The Labute approximate surface area is 114 Å². The third-order valence-corrected chi connectivity index (χ3v) is 1.57. The maximum absolute atomic E-state index is 8.88. The largest absolute Gasteiger partial charge is 2.00 e. The summed E-state index contributed by atoms with van der Waals surface area (Å²) in [5.41, 5.74) is 0.900. The molecular formula is C7H10BrCaClO. The number of hydrogen-bond acceptors (Lipinski definition) is 1. The van der Waals surface area contributed by atoms with E-state index in [-0.39, 0.29) is 63.3 Å². The molecule has 0 fully saturated rings. The first kappa shape index (κ1) is 14.6. The van der Waals surface area contributed by atoms with E-state index in [4.69, 9.17) is 16.7 Å². The van der Waals surface area contributed by atoms with Crippen LogP contribution in [0.3, 0.4) is 0 Å². The fourth-order valence-electron chi connectivity index (χ4n) is 0.629. The molecule has 1 N–H and O–H groups in total. The summed E-state index contributed by atoms with van der Waals surface area (Å²) in [5.74, 6) is 0.261. The van der Waals surface area contributed by atoms with E-state index in [2.05, 4.69) is 0 Å². The van der Waals surface area contributed by atoms with Gasteiger partial charge in [0.15, 0.2) is 0 Å². The summed E-state index contributed by atoms with van der Waals surface area (Å²) in [4.78, 5) is 0. The molecule has 4 heteroatoms. The number of hydrogen-bond donors (Lipinski definition) is 1. The number of aryl methyl sites for hydroxylation is 1. The van der Waals surface area contributed by atoms with Gasteiger partial charge in [-0.05, 0) is 30.7 Å². The van der Waals surface area contributed by atoms with Crippen molar-refractivity contribution in [2.75, 3.05) is 0 Å². The number of aromatic hydroxyl groups is 1. The van der Waals surface area contributed by atoms with Crippen molar-refractivity contribution in [3.63, 3.8) is 0 Å². The molecule has 0 aliphatic carbocycles. The number of phenolic OH excluding ortho intramolecular Hbond substituents is 1. The molecule has 1 aromatic rings. The summed E-state index contributed by atoms with van der Waals surface area (Å²) in [7, 11) is 0. The first-order valence-electron chi connectivity index (χ1n) is 2.65. The first-order valence-corrected chi connectivity index (χ1v) is 3.03. The maximum Gasteiger partial charge on any atom is 2.00 e. The van der Waals surface area contributed by atoms with Crippen LogP contribution in [-0.2, 0) is 0 Å². The van der Waals surface area contributed by atoms with E-state index in [1.54, 1.807) is 18.2 Å². The van der Waals surface area contributed by atoms with Gasteiger partial charge < -0.3 is 7.96 Å². The van der Waals surface area contributed by atoms with Gasteiger partial charge in [-0.3, -0.25) is 0 Å². The molecule has 0 saturated heterocycles. The van der Waals surface area contributed by atoms with Gasteiger partial charge in [0.25, 0.3) is 0 Å². The van der Waals surface area contributed by atoms with Crippen LogP contribution >= 0.6 is 28.6 Å². The van der Waals surface area contributed by atoms with Crippen molar-refractivity contribution in [1.29, 1.82) is 0 Å².